The molecule has 124 valence electrons. The maximum absolute atomic E-state index is 12.9. The minimum atomic E-state index is -0.363. The summed E-state index contributed by atoms with van der Waals surface area (Å²) in [6.45, 7) is 4.17. The van der Waals surface area contributed by atoms with Crippen LogP contribution in [0.5, 0.6) is 0 Å². The zero-order valence-corrected chi connectivity index (χ0v) is 14.3. The first kappa shape index (κ1) is 16.0. The largest absolute Gasteiger partial charge is 0.332 e. The number of hydrogen-bond acceptors (Lipinski definition) is 3. The van der Waals surface area contributed by atoms with E-state index in [1.54, 1.807) is 18.7 Å². The lowest BCUT2D eigenvalue weighted by Crippen LogP contribution is -2.39. The van der Waals surface area contributed by atoms with Crippen LogP contribution in [0.1, 0.15) is 25.2 Å². The van der Waals surface area contributed by atoms with Gasteiger partial charge in [0.15, 0.2) is 11.2 Å². The molecule has 2 aromatic heterocycles. The van der Waals surface area contributed by atoms with Crippen molar-refractivity contribution in [2.24, 2.45) is 14.1 Å². The van der Waals surface area contributed by atoms with Crippen LogP contribution in [0.3, 0.4) is 0 Å². The summed E-state index contributed by atoms with van der Waals surface area (Å²) >= 11 is 0. The normalized spacial score (nSPS) is 11.0. The molecule has 0 atom stereocenters. The van der Waals surface area contributed by atoms with Gasteiger partial charge >= 0.3 is 5.69 Å². The van der Waals surface area contributed by atoms with Crippen LogP contribution in [0.15, 0.2) is 45.5 Å². The van der Waals surface area contributed by atoms with E-state index < -0.39 is 0 Å². The van der Waals surface area contributed by atoms with Crippen molar-refractivity contribution in [1.82, 2.24) is 18.7 Å². The standard InChI is InChI=1S/C18H20N4O2/c1-12(2)10-14-19-16-15(20(14)3)17(23)22(18(24)21(16)4)11-13-8-6-5-7-9-13/h5-10H,11H2,1-4H3. The molecule has 0 aliphatic carbocycles. The smallest absolute Gasteiger partial charge is 0.322 e. The van der Waals surface area contributed by atoms with E-state index in [4.69, 9.17) is 0 Å². The summed E-state index contributed by atoms with van der Waals surface area (Å²) in [6, 6.07) is 9.48. The van der Waals surface area contributed by atoms with Gasteiger partial charge in [0, 0.05) is 14.1 Å². The minimum absolute atomic E-state index is 0.242. The Hall–Kier alpha value is -2.89. The third-order valence-electron chi connectivity index (χ3n) is 4.00. The summed E-state index contributed by atoms with van der Waals surface area (Å²) in [5, 5.41) is 0. The Labute approximate surface area is 139 Å². The van der Waals surface area contributed by atoms with E-state index in [0.717, 1.165) is 11.1 Å². The molecule has 3 rings (SSSR count). The highest BCUT2D eigenvalue weighted by Gasteiger charge is 2.17. The number of imidazole rings is 1. The molecule has 0 saturated heterocycles. The van der Waals surface area contributed by atoms with Crippen molar-refractivity contribution in [3.63, 3.8) is 0 Å². The molecule has 3 aromatic rings. The molecular formula is C18H20N4O2. The molecule has 0 N–H and O–H groups in total. The fourth-order valence-electron chi connectivity index (χ4n) is 2.75. The van der Waals surface area contributed by atoms with Gasteiger partial charge in [-0.2, -0.15) is 0 Å². The highest BCUT2D eigenvalue weighted by molar-refractivity contribution is 5.73. The van der Waals surface area contributed by atoms with Crippen molar-refractivity contribution in [3.8, 4) is 0 Å². The SMILES string of the molecule is CC(C)=Cc1nc2c(c(=O)n(Cc3ccccc3)c(=O)n2C)n1C. The molecule has 24 heavy (non-hydrogen) atoms. The fourth-order valence-corrected chi connectivity index (χ4v) is 2.75. The second-order valence-corrected chi connectivity index (χ2v) is 6.14. The molecule has 0 saturated carbocycles. The average molecular weight is 324 g/mol. The third-order valence-corrected chi connectivity index (χ3v) is 4.00. The second-order valence-electron chi connectivity index (χ2n) is 6.14. The predicted molar refractivity (Wildman–Crippen MR) is 95.1 cm³/mol. The zero-order chi connectivity index (χ0) is 17.4. The van der Waals surface area contributed by atoms with Gasteiger partial charge in [0.2, 0.25) is 0 Å². The fraction of sp³-hybridized carbons (Fsp3) is 0.278. The lowest BCUT2D eigenvalue weighted by atomic mass is 10.2. The number of fused-ring (bicyclic) bond motifs is 1. The predicted octanol–water partition coefficient (Wildman–Crippen LogP) is 1.91. The molecule has 0 bridgehead atoms. The summed E-state index contributed by atoms with van der Waals surface area (Å²) in [6.07, 6.45) is 1.89. The van der Waals surface area contributed by atoms with E-state index in [-0.39, 0.29) is 17.8 Å². The Balaban J connectivity index is 2.29. The van der Waals surface area contributed by atoms with Gasteiger partial charge < -0.3 is 4.57 Å². The van der Waals surface area contributed by atoms with Crippen LogP contribution in [0.4, 0.5) is 0 Å². The van der Waals surface area contributed by atoms with Gasteiger partial charge in [-0.1, -0.05) is 35.9 Å². The molecule has 0 radical (unpaired) electrons. The Morgan fingerprint density at radius 1 is 1.08 bits per heavy atom. The van der Waals surface area contributed by atoms with Crippen LogP contribution in [-0.2, 0) is 20.6 Å². The lowest BCUT2D eigenvalue weighted by Gasteiger charge is -2.08. The number of aryl methyl sites for hydroxylation is 2. The molecular weight excluding hydrogens is 304 g/mol. The molecule has 6 heteroatoms. The molecule has 0 unspecified atom stereocenters. The van der Waals surface area contributed by atoms with Crippen molar-refractivity contribution in [2.75, 3.05) is 0 Å². The molecule has 0 aliphatic heterocycles. The monoisotopic (exact) mass is 324 g/mol. The summed E-state index contributed by atoms with van der Waals surface area (Å²) < 4.78 is 4.43. The second kappa shape index (κ2) is 5.96. The summed E-state index contributed by atoms with van der Waals surface area (Å²) in [4.78, 5) is 30.0. The minimum Gasteiger partial charge on any atom is -0.322 e. The number of nitrogens with zero attached hydrogens (tertiary/aromatic N) is 4. The van der Waals surface area contributed by atoms with Gasteiger partial charge in [-0.05, 0) is 25.5 Å². The Kier molecular flexibility index (Phi) is 3.97. The number of benzene rings is 1. The van der Waals surface area contributed by atoms with Crippen LogP contribution >= 0.6 is 0 Å². The van der Waals surface area contributed by atoms with Gasteiger partial charge in [-0.25, -0.2) is 9.78 Å². The molecule has 2 heterocycles. The van der Waals surface area contributed by atoms with Gasteiger partial charge in [0.25, 0.3) is 5.56 Å². The van der Waals surface area contributed by atoms with Crippen molar-refractivity contribution in [2.45, 2.75) is 20.4 Å². The van der Waals surface area contributed by atoms with Crippen molar-refractivity contribution >= 4 is 17.2 Å². The third kappa shape index (κ3) is 2.60. The van der Waals surface area contributed by atoms with Gasteiger partial charge in [0.1, 0.15) is 5.82 Å². The quantitative estimate of drug-likeness (QED) is 0.739. The Morgan fingerprint density at radius 2 is 1.75 bits per heavy atom. The molecule has 0 fully saturated rings. The first-order valence-corrected chi connectivity index (χ1v) is 7.75. The van der Waals surface area contributed by atoms with Gasteiger partial charge in [-0.15, -0.1) is 0 Å². The van der Waals surface area contributed by atoms with Crippen molar-refractivity contribution < 1.29 is 0 Å². The molecule has 1 aromatic carbocycles. The maximum Gasteiger partial charge on any atom is 0.332 e. The summed E-state index contributed by atoms with van der Waals surface area (Å²) in [7, 11) is 3.44. The Bertz CT molecular complexity index is 1050. The van der Waals surface area contributed by atoms with E-state index in [2.05, 4.69) is 4.98 Å². The van der Waals surface area contributed by atoms with E-state index in [0.29, 0.717) is 17.0 Å². The lowest BCUT2D eigenvalue weighted by molar-refractivity contribution is 0.655. The van der Waals surface area contributed by atoms with E-state index in [9.17, 15) is 9.59 Å². The average Bonchev–Trinajstić information content (AvgIpc) is 2.87. The number of allylic oxidation sites excluding steroid dienone is 1. The van der Waals surface area contributed by atoms with E-state index in [1.165, 1.54) is 9.13 Å². The van der Waals surface area contributed by atoms with E-state index in [1.807, 2.05) is 50.3 Å². The number of rotatable bonds is 3. The van der Waals surface area contributed by atoms with Crippen LogP contribution in [0, 0.1) is 0 Å². The van der Waals surface area contributed by atoms with Crippen LogP contribution < -0.4 is 11.2 Å². The highest BCUT2D eigenvalue weighted by Crippen LogP contribution is 2.12. The maximum atomic E-state index is 12.9. The van der Waals surface area contributed by atoms with Crippen LogP contribution in [0.25, 0.3) is 17.2 Å². The van der Waals surface area contributed by atoms with Gasteiger partial charge in [0.05, 0.1) is 6.54 Å². The zero-order valence-electron chi connectivity index (χ0n) is 14.3. The van der Waals surface area contributed by atoms with Gasteiger partial charge in [-0.3, -0.25) is 13.9 Å². The number of hydrogen-bond donors (Lipinski definition) is 0. The van der Waals surface area contributed by atoms with Crippen LogP contribution in [0.2, 0.25) is 0 Å². The molecule has 0 aliphatic rings. The van der Waals surface area contributed by atoms with Crippen molar-refractivity contribution in [3.05, 3.63) is 68.1 Å². The Morgan fingerprint density at radius 3 is 2.38 bits per heavy atom. The molecule has 0 spiro atoms. The molecule has 6 nitrogen and oxygen atoms in total. The highest BCUT2D eigenvalue weighted by atomic mass is 16.2. The summed E-state index contributed by atoms with van der Waals surface area (Å²) in [5.74, 6) is 0.662. The molecule has 0 amide bonds. The van der Waals surface area contributed by atoms with E-state index >= 15 is 0 Å². The summed E-state index contributed by atoms with van der Waals surface area (Å²) in [5.41, 5.74) is 2.13. The topological polar surface area (TPSA) is 61.8 Å². The first-order chi connectivity index (χ1) is 11.4. The number of aromatic nitrogens is 4. The van der Waals surface area contributed by atoms with Crippen molar-refractivity contribution in [1.29, 1.82) is 0 Å². The van der Waals surface area contributed by atoms with Crippen LogP contribution in [-0.4, -0.2) is 18.7 Å². The first-order valence-electron chi connectivity index (χ1n) is 7.75.